The quantitative estimate of drug-likeness (QED) is 0.175. The van der Waals surface area contributed by atoms with E-state index in [4.69, 9.17) is 61.0 Å². The maximum atomic E-state index is 13.0. The molecular formula is C31H29Cl4F3N2O7. The summed E-state index contributed by atoms with van der Waals surface area (Å²) in [6.07, 6.45) is -5.13. The van der Waals surface area contributed by atoms with Gasteiger partial charge in [0.2, 0.25) is 5.91 Å². The smallest absolute Gasteiger partial charge is 0.452 e. The number of hydrogen-bond donors (Lipinski definition) is 3. The monoisotopic (exact) mass is 738 g/mol. The lowest BCUT2D eigenvalue weighted by Gasteiger charge is -2.25. The van der Waals surface area contributed by atoms with Gasteiger partial charge in [0.1, 0.15) is 17.5 Å². The second-order valence-corrected chi connectivity index (χ2v) is 11.7. The molecule has 0 bridgehead atoms. The Morgan fingerprint density at radius 2 is 1.28 bits per heavy atom. The highest BCUT2D eigenvalue weighted by Gasteiger charge is 2.45. The Hall–Kier alpha value is -3.71. The van der Waals surface area contributed by atoms with Crippen molar-refractivity contribution in [2.45, 2.75) is 38.5 Å². The minimum atomic E-state index is -5.12. The van der Waals surface area contributed by atoms with Crippen LogP contribution in [0.5, 0.6) is 11.5 Å². The zero-order chi connectivity index (χ0) is 35.3. The fourth-order valence-corrected chi connectivity index (χ4v) is 4.26. The van der Waals surface area contributed by atoms with E-state index in [0.717, 1.165) is 0 Å². The summed E-state index contributed by atoms with van der Waals surface area (Å²) in [5.41, 5.74) is 0.650. The molecule has 0 aliphatic carbocycles. The number of Topliss-reactive ketones (excluding diaryl/α,β-unsaturated/α-hetero) is 1. The molecule has 3 rings (SSSR count). The summed E-state index contributed by atoms with van der Waals surface area (Å²) in [7, 11) is 0. The van der Waals surface area contributed by atoms with E-state index in [2.05, 4.69) is 10.6 Å². The van der Waals surface area contributed by atoms with Crippen LogP contribution in [-0.2, 0) is 25.6 Å². The topological polar surface area (TPSA) is 131 Å². The van der Waals surface area contributed by atoms with Gasteiger partial charge in [-0.3, -0.25) is 14.4 Å². The van der Waals surface area contributed by atoms with Gasteiger partial charge in [-0.2, -0.15) is 13.2 Å². The van der Waals surface area contributed by atoms with E-state index >= 15 is 0 Å². The highest BCUT2D eigenvalue weighted by atomic mass is 35.5. The summed E-state index contributed by atoms with van der Waals surface area (Å²) >= 11 is 23.0. The van der Waals surface area contributed by atoms with Gasteiger partial charge in [0.15, 0.2) is 13.2 Å². The average Bonchev–Trinajstić information content (AvgIpc) is 3.00. The van der Waals surface area contributed by atoms with Crippen molar-refractivity contribution in [2.24, 2.45) is 5.92 Å². The van der Waals surface area contributed by atoms with Gasteiger partial charge in [0, 0.05) is 18.6 Å². The molecule has 0 saturated heterocycles. The Morgan fingerprint density at radius 3 is 1.72 bits per heavy atom. The van der Waals surface area contributed by atoms with Gasteiger partial charge >= 0.3 is 12.1 Å². The van der Waals surface area contributed by atoms with E-state index in [9.17, 15) is 32.3 Å². The van der Waals surface area contributed by atoms with E-state index in [1.165, 1.54) is 38.1 Å². The molecule has 3 N–H and O–H groups in total. The first kappa shape index (κ1) is 39.5. The van der Waals surface area contributed by atoms with Crippen LogP contribution in [0.4, 0.5) is 13.2 Å². The molecule has 0 heterocycles. The maximum absolute atomic E-state index is 13.0. The molecule has 254 valence electrons. The number of carbonyl (C=O) groups excluding carboxylic acids is 3. The molecule has 16 heteroatoms. The zero-order valence-corrected chi connectivity index (χ0v) is 27.8. The lowest BCUT2D eigenvalue weighted by atomic mass is 9.98. The second kappa shape index (κ2) is 18.6. The number of alkyl halides is 3. The van der Waals surface area contributed by atoms with Crippen molar-refractivity contribution in [2.75, 3.05) is 13.2 Å². The molecule has 0 saturated carbocycles. The van der Waals surface area contributed by atoms with Crippen molar-refractivity contribution in [3.05, 3.63) is 92.4 Å². The Morgan fingerprint density at radius 1 is 0.766 bits per heavy atom. The predicted molar refractivity (Wildman–Crippen MR) is 171 cm³/mol. The van der Waals surface area contributed by atoms with Gasteiger partial charge in [-0.25, -0.2) is 4.79 Å². The SMILES string of the molecule is CC(C)[C@H](NC(=O)[C@H](Cc1ccccc1)NC(=O)COc1ccc(Cl)c(Cl)c1)C(=O)C(F)(F)F.O=C(O)COc1ccc(Cl)c(Cl)c1. The minimum absolute atomic E-state index is 0.0176. The summed E-state index contributed by atoms with van der Waals surface area (Å²) < 4.78 is 49.1. The normalized spacial score (nSPS) is 12.2. The number of benzene rings is 3. The van der Waals surface area contributed by atoms with Gasteiger partial charge in [-0.05, 0) is 35.7 Å². The first-order chi connectivity index (χ1) is 22.0. The summed E-state index contributed by atoms with van der Waals surface area (Å²) in [5, 5.41) is 14.2. The third-order valence-electron chi connectivity index (χ3n) is 5.98. The van der Waals surface area contributed by atoms with Gasteiger partial charge < -0.3 is 25.2 Å². The zero-order valence-electron chi connectivity index (χ0n) is 24.7. The summed E-state index contributed by atoms with van der Waals surface area (Å²) in [5.74, 6) is -4.92. The molecule has 2 amide bonds. The van der Waals surface area contributed by atoms with Crippen LogP contribution in [0.3, 0.4) is 0 Å². The van der Waals surface area contributed by atoms with Gasteiger partial charge in [-0.1, -0.05) is 90.6 Å². The number of amides is 2. The van der Waals surface area contributed by atoms with Crippen LogP contribution in [0.2, 0.25) is 20.1 Å². The lowest BCUT2D eigenvalue weighted by molar-refractivity contribution is -0.175. The van der Waals surface area contributed by atoms with Crippen LogP contribution in [-0.4, -0.2) is 60.1 Å². The molecule has 0 unspecified atom stereocenters. The number of carbonyl (C=O) groups is 4. The molecule has 2 atom stereocenters. The molecule has 0 fully saturated rings. The van der Waals surface area contributed by atoms with Crippen LogP contribution in [0, 0.1) is 5.92 Å². The van der Waals surface area contributed by atoms with Gasteiger partial charge in [0.05, 0.1) is 26.1 Å². The number of ether oxygens (including phenoxy) is 2. The van der Waals surface area contributed by atoms with Crippen molar-refractivity contribution in [1.82, 2.24) is 10.6 Å². The number of ketones is 1. The summed E-state index contributed by atoms with van der Waals surface area (Å²) in [6.45, 7) is 1.87. The standard InChI is InChI=1S/C23H23Cl2F3N2O4.C8H6Cl2O3/c1-13(2)20(21(32)23(26,27)28)30-22(33)18(10-14-6-4-3-5-7-14)29-19(31)12-34-15-8-9-16(24)17(25)11-15;9-6-2-1-5(3-7(6)10)13-4-8(11)12/h3-9,11,13,18,20H,10,12H2,1-2H3,(H,29,31)(H,30,33);1-3H,4H2,(H,11,12)/t18-,20-;/m0./s1. The summed E-state index contributed by atoms with van der Waals surface area (Å²) in [4.78, 5) is 47.3. The van der Waals surface area contributed by atoms with Crippen molar-refractivity contribution < 1.29 is 46.9 Å². The van der Waals surface area contributed by atoms with Crippen LogP contribution >= 0.6 is 46.4 Å². The molecule has 0 aliphatic rings. The Bertz CT molecular complexity index is 1540. The fraction of sp³-hybridized carbons (Fsp3) is 0.290. The number of aliphatic carboxylic acids is 1. The molecule has 0 radical (unpaired) electrons. The van der Waals surface area contributed by atoms with E-state index in [1.54, 1.807) is 42.5 Å². The van der Waals surface area contributed by atoms with E-state index < -0.39 is 61.0 Å². The fourth-order valence-electron chi connectivity index (χ4n) is 3.69. The highest BCUT2D eigenvalue weighted by molar-refractivity contribution is 6.42. The number of halogens is 7. The third kappa shape index (κ3) is 13.9. The van der Waals surface area contributed by atoms with Crippen LogP contribution in [0.15, 0.2) is 66.7 Å². The Balaban J connectivity index is 0.000000492. The molecule has 0 aromatic heterocycles. The van der Waals surface area contributed by atoms with Crippen molar-refractivity contribution in [1.29, 1.82) is 0 Å². The van der Waals surface area contributed by atoms with Crippen LogP contribution < -0.4 is 20.1 Å². The molecule has 0 spiro atoms. The molecule has 47 heavy (non-hydrogen) atoms. The van der Waals surface area contributed by atoms with Crippen molar-refractivity contribution in [3.63, 3.8) is 0 Å². The molecule has 9 nitrogen and oxygen atoms in total. The van der Waals surface area contributed by atoms with Gasteiger partial charge in [0.25, 0.3) is 11.7 Å². The largest absolute Gasteiger partial charge is 0.484 e. The number of rotatable bonds is 13. The third-order valence-corrected chi connectivity index (χ3v) is 7.45. The number of hydrogen-bond acceptors (Lipinski definition) is 6. The number of carboxylic acids is 1. The molecular weight excluding hydrogens is 711 g/mol. The second-order valence-electron chi connectivity index (χ2n) is 10.0. The van der Waals surface area contributed by atoms with Crippen molar-refractivity contribution in [3.8, 4) is 11.5 Å². The Kier molecular flexibility index (Phi) is 15.6. The predicted octanol–water partition coefficient (Wildman–Crippen LogP) is 6.83. The Labute approximate surface area is 288 Å². The summed E-state index contributed by atoms with van der Waals surface area (Å²) in [6, 6.07) is 14.4. The highest BCUT2D eigenvalue weighted by Crippen LogP contribution is 2.27. The minimum Gasteiger partial charge on any atom is -0.484 e. The van der Waals surface area contributed by atoms with Crippen LogP contribution in [0.25, 0.3) is 0 Å². The molecule has 0 aliphatic heterocycles. The molecule has 3 aromatic rings. The number of carboxylic acid groups (broad SMARTS) is 1. The first-order valence-corrected chi connectivity index (χ1v) is 15.1. The maximum Gasteiger partial charge on any atom is 0.452 e. The van der Waals surface area contributed by atoms with Crippen LogP contribution in [0.1, 0.15) is 19.4 Å². The average molecular weight is 740 g/mol. The van der Waals surface area contributed by atoms with Gasteiger partial charge in [-0.15, -0.1) is 0 Å². The number of nitrogens with one attached hydrogen (secondary N) is 2. The molecule has 3 aromatic carbocycles. The lowest BCUT2D eigenvalue weighted by Crippen LogP contribution is -2.56. The van der Waals surface area contributed by atoms with E-state index in [0.29, 0.717) is 26.4 Å². The van der Waals surface area contributed by atoms with E-state index in [-0.39, 0.29) is 17.2 Å². The first-order valence-electron chi connectivity index (χ1n) is 13.6. The van der Waals surface area contributed by atoms with E-state index in [1.807, 2.05) is 0 Å². The van der Waals surface area contributed by atoms with Crippen molar-refractivity contribution >= 4 is 70.0 Å².